The van der Waals surface area contributed by atoms with E-state index in [9.17, 15) is 0 Å². The molecule has 0 atom stereocenters. The minimum Gasteiger partial charge on any atom is -0.508 e. The number of aromatic hydroxyl groups is 1. The Morgan fingerprint density at radius 3 is 1.31 bits per heavy atom. The summed E-state index contributed by atoms with van der Waals surface area (Å²) in [5.74, 6) is 0.322. The van der Waals surface area contributed by atoms with Gasteiger partial charge in [0.2, 0.25) is 0 Å². The SMILES string of the molecule is Br.Oc1ccccc1.[CH2-]c1ccccc1.[Zn]. The van der Waals surface area contributed by atoms with Crippen LogP contribution in [-0.2, 0) is 19.5 Å². The molecular formula is C13H14BrOZn-. The summed E-state index contributed by atoms with van der Waals surface area (Å²) in [5, 5.41) is 8.63. The molecule has 2 aromatic carbocycles. The van der Waals surface area contributed by atoms with Crippen molar-refractivity contribution in [3.05, 3.63) is 73.2 Å². The molecule has 16 heavy (non-hydrogen) atoms. The summed E-state index contributed by atoms with van der Waals surface area (Å²) < 4.78 is 0. The van der Waals surface area contributed by atoms with Crippen molar-refractivity contribution in [3.8, 4) is 5.75 Å². The first kappa shape index (κ1) is 17.6. The zero-order valence-corrected chi connectivity index (χ0v) is 13.7. The zero-order chi connectivity index (χ0) is 10.2. The summed E-state index contributed by atoms with van der Waals surface area (Å²) in [5.41, 5.74) is 1.07. The van der Waals surface area contributed by atoms with Gasteiger partial charge in [0, 0.05) is 19.5 Å². The number of halogens is 1. The van der Waals surface area contributed by atoms with E-state index in [1.54, 1.807) is 24.3 Å². The van der Waals surface area contributed by atoms with Crippen LogP contribution in [0.1, 0.15) is 5.56 Å². The number of hydrogen-bond acceptors (Lipinski definition) is 1. The molecule has 0 bridgehead atoms. The average Bonchev–Trinajstić information content (AvgIpc) is 2.21. The zero-order valence-electron chi connectivity index (χ0n) is 9.04. The van der Waals surface area contributed by atoms with Crippen LogP contribution in [0.15, 0.2) is 60.7 Å². The van der Waals surface area contributed by atoms with Gasteiger partial charge in [0.25, 0.3) is 0 Å². The van der Waals surface area contributed by atoms with Crippen LogP contribution in [0.3, 0.4) is 0 Å². The van der Waals surface area contributed by atoms with E-state index in [-0.39, 0.29) is 36.5 Å². The van der Waals surface area contributed by atoms with Crippen molar-refractivity contribution < 1.29 is 24.6 Å². The Morgan fingerprint density at radius 2 is 1.12 bits per heavy atom. The standard InChI is InChI=1S/C7H7.C6H6O.BrH.Zn/c1-7-5-3-2-4-6-7;7-6-4-2-1-3-5-6;;/h2-6H,1H2;1-5,7H;1H;/q-1;;;. The first-order chi connectivity index (χ1) is 6.79. The monoisotopic (exact) mass is 329 g/mol. The summed E-state index contributed by atoms with van der Waals surface area (Å²) in [7, 11) is 0. The van der Waals surface area contributed by atoms with Crippen molar-refractivity contribution in [1.82, 2.24) is 0 Å². The number of phenols is 1. The molecular weight excluding hydrogens is 317 g/mol. The normalized spacial score (nSPS) is 7.50. The van der Waals surface area contributed by atoms with Crippen molar-refractivity contribution in [2.24, 2.45) is 0 Å². The van der Waals surface area contributed by atoms with Gasteiger partial charge >= 0.3 is 0 Å². The van der Waals surface area contributed by atoms with Gasteiger partial charge in [0.1, 0.15) is 5.75 Å². The van der Waals surface area contributed by atoms with Gasteiger partial charge in [0.15, 0.2) is 0 Å². The Balaban J connectivity index is 0. The number of hydrogen-bond donors (Lipinski definition) is 1. The van der Waals surface area contributed by atoms with E-state index in [0.29, 0.717) is 5.75 Å². The number of para-hydroxylation sites is 1. The van der Waals surface area contributed by atoms with Crippen LogP contribution in [0.5, 0.6) is 5.75 Å². The Kier molecular flexibility index (Phi) is 11.8. The van der Waals surface area contributed by atoms with Gasteiger partial charge in [-0.05, 0) is 12.1 Å². The molecule has 0 aliphatic heterocycles. The van der Waals surface area contributed by atoms with E-state index < -0.39 is 0 Å². The van der Waals surface area contributed by atoms with Gasteiger partial charge in [-0.25, -0.2) is 0 Å². The van der Waals surface area contributed by atoms with Crippen molar-refractivity contribution in [3.63, 3.8) is 0 Å². The molecule has 1 nitrogen and oxygen atoms in total. The van der Waals surface area contributed by atoms with Gasteiger partial charge in [0.05, 0.1) is 0 Å². The molecule has 82 valence electrons. The summed E-state index contributed by atoms with van der Waals surface area (Å²) in [6.45, 7) is 3.72. The third kappa shape index (κ3) is 8.52. The van der Waals surface area contributed by atoms with Gasteiger partial charge in [-0.3, -0.25) is 0 Å². The maximum absolute atomic E-state index is 8.63. The number of phenolic OH excluding ortho intramolecular Hbond substituents is 1. The van der Waals surface area contributed by atoms with Gasteiger partial charge in [-0.15, -0.1) is 29.1 Å². The maximum Gasteiger partial charge on any atom is 0.115 e. The Morgan fingerprint density at radius 1 is 0.750 bits per heavy atom. The molecule has 0 fully saturated rings. The number of benzene rings is 2. The second kappa shape index (κ2) is 10.7. The summed E-state index contributed by atoms with van der Waals surface area (Å²) >= 11 is 0. The van der Waals surface area contributed by atoms with Crippen LogP contribution in [0.25, 0.3) is 0 Å². The first-order valence-corrected chi connectivity index (χ1v) is 4.40. The Labute approximate surface area is 120 Å². The molecule has 2 aromatic rings. The molecule has 0 spiro atoms. The molecule has 2 rings (SSSR count). The molecule has 0 amide bonds. The van der Waals surface area contributed by atoms with E-state index >= 15 is 0 Å². The predicted molar refractivity (Wildman–Crippen MR) is 69.3 cm³/mol. The Hall–Kier alpha value is -0.787. The quantitative estimate of drug-likeness (QED) is 0.574. The van der Waals surface area contributed by atoms with Gasteiger partial charge in [-0.2, -0.15) is 24.6 Å². The fraction of sp³-hybridized carbons (Fsp3) is 0. The van der Waals surface area contributed by atoms with Crippen LogP contribution in [0.2, 0.25) is 0 Å². The molecule has 1 N–H and O–H groups in total. The molecule has 0 saturated heterocycles. The summed E-state index contributed by atoms with van der Waals surface area (Å²) in [6, 6.07) is 18.6. The van der Waals surface area contributed by atoms with E-state index in [4.69, 9.17) is 5.11 Å². The maximum atomic E-state index is 8.63. The summed E-state index contributed by atoms with van der Waals surface area (Å²) in [4.78, 5) is 0. The van der Waals surface area contributed by atoms with Crippen molar-refractivity contribution in [1.29, 1.82) is 0 Å². The fourth-order valence-electron chi connectivity index (χ4n) is 0.906. The first-order valence-electron chi connectivity index (χ1n) is 4.40. The molecule has 0 radical (unpaired) electrons. The number of rotatable bonds is 0. The van der Waals surface area contributed by atoms with E-state index in [1.807, 2.05) is 36.4 Å². The average molecular weight is 332 g/mol. The molecule has 0 aliphatic rings. The van der Waals surface area contributed by atoms with Crippen LogP contribution < -0.4 is 0 Å². The van der Waals surface area contributed by atoms with Crippen molar-refractivity contribution >= 4 is 17.0 Å². The van der Waals surface area contributed by atoms with E-state index in [2.05, 4.69) is 6.92 Å². The third-order valence-electron chi connectivity index (χ3n) is 1.60. The van der Waals surface area contributed by atoms with Crippen LogP contribution >= 0.6 is 17.0 Å². The molecule has 0 aliphatic carbocycles. The van der Waals surface area contributed by atoms with Crippen molar-refractivity contribution in [2.75, 3.05) is 0 Å². The van der Waals surface area contributed by atoms with Gasteiger partial charge in [-0.1, -0.05) is 24.3 Å². The summed E-state index contributed by atoms with van der Waals surface area (Å²) in [6.07, 6.45) is 0. The van der Waals surface area contributed by atoms with E-state index in [1.165, 1.54) is 0 Å². The predicted octanol–water partition coefficient (Wildman–Crippen LogP) is 3.84. The second-order valence-corrected chi connectivity index (χ2v) is 2.82. The molecule has 0 heterocycles. The van der Waals surface area contributed by atoms with Crippen LogP contribution in [-0.4, -0.2) is 5.11 Å². The molecule has 3 heteroatoms. The molecule has 0 aromatic heterocycles. The smallest absolute Gasteiger partial charge is 0.115 e. The van der Waals surface area contributed by atoms with Gasteiger partial charge < -0.3 is 5.11 Å². The third-order valence-corrected chi connectivity index (χ3v) is 1.60. The molecule has 0 unspecified atom stereocenters. The van der Waals surface area contributed by atoms with Crippen LogP contribution in [0.4, 0.5) is 0 Å². The fourth-order valence-corrected chi connectivity index (χ4v) is 0.906. The second-order valence-electron chi connectivity index (χ2n) is 2.82. The largest absolute Gasteiger partial charge is 0.508 e. The van der Waals surface area contributed by atoms with Crippen molar-refractivity contribution in [2.45, 2.75) is 0 Å². The topological polar surface area (TPSA) is 20.2 Å². The minimum absolute atomic E-state index is 0. The minimum atomic E-state index is 0. The van der Waals surface area contributed by atoms with E-state index in [0.717, 1.165) is 5.56 Å². The molecule has 0 saturated carbocycles. The van der Waals surface area contributed by atoms with Crippen LogP contribution in [0, 0.1) is 6.92 Å². The Bertz CT molecular complexity index is 313.